The zero-order valence-electron chi connectivity index (χ0n) is 9.98. The first kappa shape index (κ1) is 11.4. The van der Waals surface area contributed by atoms with Crippen LogP contribution < -0.4 is 11.3 Å². The van der Waals surface area contributed by atoms with Crippen molar-refractivity contribution in [1.29, 1.82) is 0 Å². The number of nitrogens with zero attached hydrogens (tertiary/aromatic N) is 1. The van der Waals surface area contributed by atoms with Crippen LogP contribution in [0.15, 0.2) is 23.0 Å². The second-order valence-corrected chi connectivity index (χ2v) is 4.51. The Labute approximate surface area is 104 Å². The van der Waals surface area contributed by atoms with E-state index in [0.29, 0.717) is 17.6 Å². The maximum atomic E-state index is 11.8. The summed E-state index contributed by atoms with van der Waals surface area (Å²) in [5.41, 5.74) is 7.21. The molecule has 5 nitrogen and oxygen atoms in total. The first-order chi connectivity index (χ1) is 8.79. The molecule has 5 heteroatoms. The molecule has 0 radical (unpaired) electrons. The van der Waals surface area contributed by atoms with Gasteiger partial charge in [-0.25, -0.2) is 5.10 Å². The summed E-state index contributed by atoms with van der Waals surface area (Å²) in [4.78, 5) is 11.8. The lowest BCUT2D eigenvalue weighted by Crippen LogP contribution is -2.13. The topological polar surface area (TPSA) is 81.0 Å². The van der Waals surface area contributed by atoms with Gasteiger partial charge in [0, 0.05) is 18.5 Å². The van der Waals surface area contributed by atoms with Crippen LogP contribution in [0.2, 0.25) is 0 Å². The van der Waals surface area contributed by atoms with E-state index in [1.54, 1.807) is 0 Å². The van der Waals surface area contributed by atoms with Crippen molar-refractivity contribution in [3.63, 3.8) is 0 Å². The molecule has 0 bridgehead atoms. The predicted molar refractivity (Wildman–Crippen MR) is 68.2 cm³/mol. The van der Waals surface area contributed by atoms with Gasteiger partial charge in [0.25, 0.3) is 5.56 Å². The number of ether oxygens (including phenoxy) is 1. The molecule has 2 heterocycles. The minimum absolute atomic E-state index is 0.114. The van der Waals surface area contributed by atoms with Crippen LogP contribution in [0.5, 0.6) is 0 Å². The first-order valence-corrected chi connectivity index (χ1v) is 6.12. The molecule has 1 saturated heterocycles. The molecule has 1 aromatic heterocycles. The molecule has 94 valence electrons. The third-order valence-electron chi connectivity index (χ3n) is 3.39. The van der Waals surface area contributed by atoms with E-state index in [4.69, 9.17) is 10.5 Å². The number of benzene rings is 1. The fraction of sp³-hybridized carbons (Fsp3) is 0.385. The van der Waals surface area contributed by atoms with Crippen molar-refractivity contribution in [2.24, 2.45) is 5.73 Å². The molecule has 0 saturated carbocycles. The highest BCUT2D eigenvalue weighted by atomic mass is 16.5. The monoisotopic (exact) mass is 245 g/mol. The Hall–Kier alpha value is -1.72. The number of hydrogen-bond acceptors (Lipinski definition) is 4. The Balaban J connectivity index is 2.16. The molecule has 0 unspecified atom stereocenters. The van der Waals surface area contributed by atoms with Crippen LogP contribution in [0, 0.1) is 0 Å². The van der Waals surface area contributed by atoms with E-state index < -0.39 is 0 Å². The molecule has 1 fully saturated rings. The van der Waals surface area contributed by atoms with Crippen molar-refractivity contribution in [2.45, 2.75) is 25.5 Å². The summed E-state index contributed by atoms with van der Waals surface area (Å²) in [7, 11) is 0. The highest BCUT2D eigenvalue weighted by molar-refractivity contribution is 5.84. The molecular formula is C13H15N3O2. The van der Waals surface area contributed by atoms with Gasteiger partial charge < -0.3 is 10.5 Å². The van der Waals surface area contributed by atoms with Crippen molar-refractivity contribution < 1.29 is 4.74 Å². The predicted octanol–water partition coefficient (Wildman–Crippen LogP) is 1.23. The fourth-order valence-electron chi connectivity index (χ4n) is 2.44. The average molecular weight is 245 g/mol. The van der Waals surface area contributed by atoms with Gasteiger partial charge in [0.2, 0.25) is 0 Å². The van der Waals surface area contributed by atoms with Crippen molar-refractivity contribution in [1.82, 2.24) is 10.2 Å². The molecular weight excluding hydrogens is 230 g/mol. The Kier molecular flexibility index (Phi) is 2.85. The van der Waals surface area contributed by atoms with Crippen LogP contribution in [0.4, 0.5) is 0 Å². The van der Waals surface area contributed by atoms with Gasteiger partial charge in [-0.05, 0) is 24.5 Å². The lowest BCUT2D eigenvalue weighted by atomic mass is 10.0. The number of hydrogen-bond donors (Lipinski definition) is 2. The highest BCUT2D eigenvalue weighted by Crippen LogP contribution is 2.30. The van der Waals surface area contributed by atoms with Crippen LogP contribution in [-0.2, 0) is 11.3 Å². The van der Waals surface area contributed by atoms with E-state index in [2.05, 4.69) is 10.2 Å². The fourth-order valence-corrected chi connectivity index (χ4v) is 2.44. The lowest BCUT2D eigenvalue weighted by Gasteiger charge is -2.11. The number of H-pyrrole nitrogens is 1. The summed E-state index contributed by atoms with van der Waals surface area (Å²) in [5, 5.41) is 7.90. The number of fused-ring (bicyclic) bond motifs is 1. The van der Waals surface area contributed by atoms with Gasteiger partial charge in [0.15, 0.2) is 0 Å². The zero-order valence-corrected chi connectivity index (χ0v) is 9.98. The van der Waals surface area contributed by atoms with Crippen molar-refractivity contribution in [3.8, 4) is 0 Å². The van der Waals surface area contributed by atoms with Crippen molar-refractivity contribution in [2.75, 3.05) is 6.61 Å². The third-order valence-corrected chi connectivity index (χ3v) is 3.39. The Morgan fingerprint density at radius 2 is 2.33 bits per heavy atom. The summed E-state index contributed by atoms with van der Waals surface area (Å²) >= 11 is 0. The summed E-state index contributed by atoms with van der Waals surface area (Å²) in [6, 6.07) is 5.81. The van der Waals surface area contributed by atoms with E-state index in [0.717, 1.165) is 30.4 Å². The quantitative estimate of drug-likeness (QED) is 0.834. The molecule has 3 rings (SSSR count). The van der Waals surface area contributed by atoms with E-state index in [9.17, 15) is 4.79 Å². The molecule has 1 atom stereocenters. The van der Waals surface area contributed by atoms with Gasteiger partial charge in [-0.3, -0.25) is 4.79 Å². The van der Waals surface area contributed by atoms with Crippen LogP contribution in [0.3, 0.4) is 0 Å². The Morgan fingerprint density at radius 3 is 3.06 bits per heavy atom. The van der Waals surface area contributed by atoms with Gasteiger partial charge in [-0.15, -0.1) is 0 Å². The van der Waals surface area contributed by atoms with Crippen LogP contribution in [0.1, 0.15) is 30.2 Å². The minimum Gasteiger partial charge on any atom is -0.374 e. The number of rotatable bonds is 2. The number of nitrogens with one attached hydrogen (secondary N) is 1. The zero-order chi connectivity index (χ0) is 12.5. The normalized spacial score (nSPS) is 19.5. The van der Waals surface area contributed by atoms with Crippen molar-refractivity contribution >= 4 is 10.8 Å². The standard InChI is InChI=1S/C13H15N3O2/c14-7-11-9-4-3-8(12-2-1-5-18-12)6-10(9)13(17)16-15-11/h3-4,6,12H,1-2,5,7,14H2,(H,16,17)/t12-/m0/s1. The highest BCUT2D eigenvalue weighted by Gasteiger charge is 2.18. The molecule has 0 aliphatic carbocycles. The largest absolute Gasteiger partial charge is 0.374 e. The van der Waals surface area contributed by atoms with Gasteiger partial charge >= 0.3 is 0 Å². The second-order valence-electron chi connectivity index (χ2n) is 4.51. The van der Waals surface area contributed by atoms with Gasteiger partial charge in [0.05, 0.1) is 17.2 Å². The SMILES string of the molecule is NCc1n[nH]c(=O)c2cc([C@@H]3CCCO3)ccc12. The Morgan fingerprint density at radius 1 is 1.44 bits per heavy atom. The first-order valence-electron chi connectivity index (χ1n) is 6.12. The summed E-state index contributed by atoms with van der Waals surface area (Å²) < 4.78 is 5.63. The summed E-state index contributed by atoms with van der Waals surface area (Å²) in [5.74, 6) is 0. The van der Waals surface area contributed by atoms with E-state index in [1.807, 2.05) is 18.2 Å². The van der Waals surface area contributed by atoms with Gasteiger partial charge in [-0.1, -0.05) is 12.1 Å². The van der Waals surface area contributed by atoms with Gasteiger partial charge in [-0.2, -0.15) is 5.10 Å². The maximum Gasteiger partial charge on any atom is 0.272 e. The number of nitrogens with two attached hydrogens (primary N) is 1. The molecule has 1 aliphatic heterocycles. The average Bonchev–Trinajstić information content (AvgIpc) is 2.93. The van der Waals surface area contributed by atoms with Crippen LogP contribution >= 0.6 is 0 Å². The Bertz CT molecular complexity index is 630. The molecule has 3 N–H and O–H groups in total. The summed E-state index contributed by atoms with van der Waals surface area (Å²) in [6.07, 6.45) is 2.20. The number of aromatic amines is 1. The molecule has 18 heavy (non-hydrogen) atoms. The minimum atomic E-state index is -0.179. The smallest absolute Gasteiger partial charge is 0.272 e. The van der Waals surface area contributed by atoms with E-state index in [-0.39, 0.29) is 11.7 Å². The lowest BCUT2D eigenvalue weighted by molar-refractivity contribution is 0.112. The van der Waals surface area contributed by atoms with Crippen LogP contribution in [0.25, 0.3) is 10.8 Å². The molecule has 1 aromatic carbocycles. The molecule has 1 aliphatic rings. The van der Waals surface area contributed by atoms with E-state index >= 15 is 0 Å². The molecule has 0 amide bonds. The second kappa shape index (κ2) is 4.51. The maximum absolute atomic E-state index is 11.8. The van der Waals surface area contributed by atoms with Crippen LogP contribution in [-0.4, -0.2) is 16.8 Å². The molecule has 2 aromatic rings. The third kappa shape index (κ3) is 1.81. The molecule has 0 spiro atoms. The van der Waals surface area contributed by atoms with E-state index in [1.165, 1.54) is 0 Å². The number of aromatic nitrogens is 2. The van der Waals surface area contributed by atoms with Gasteiger partial charge in [0.1, 0.15) is 0 Å². The summed E-state index contributed by atoms with van der Waals surface area (Å²) in [6.45, 7) is 1.11. The van der Waals surface area contributed by atoms with Crippen molar-refractivity contribution in [3.05, 3.63) is 39.8 Å².